The fourth-order valence-electron chi connectivity index (χ4n) is 2.17. The number of oxazole rings is 1. The molecule has 0 N–H and O–H groups in total. The van der Waals surface area contributed by atoms with E-state index >= 15 is 0 Å². The lowest BCUT2D eigenvalue weighted by molar-refractivity contribution is 0.0726. The summed E-state index contributed by atoms with van der Waals surface area (Å²) < 4.78 is 11.0. The quantitative estimate of drug-likeness (QED) is 0.510. The van der Waals surface area contributed by atoms with Gasteiger partial charge in [-0.15, -0.1) is 0 Å². The number of benzene rings is 2. The number of nitrogens with zero attached hydrogens (tertiary/aromatic N) is 1. The standard InChI is InChI=1S/C18H14ClNO3/c1-11-10-14(19)8-9-15(11)23-18(21)16-12(2)22-17(20-16)13-6-4-3-5-7-13/h3-10H,1-2H3. The summed E-state index contributed by atoms with van der Waals surface area (Å²) >= 11 is 5.90. The molecule has 0 amide bonds. The first-order valence-corrected chi connectivity index (χ1v) is 7.43. The number of halogens is 1. The van der Waals surface area contributed by atoms with Crippen molar-refractivity contribution in [2.24, 2.45) is 0 Å². The van der Waals surface area contributed by atoms with Crippen molar-refractivity contribution in [3.63, 3.8) is 0 Å². The molecule has 5 heteroatoms. The van der Waals surface area contributed by atoms with E-state index in [0.717, 1.165) is 11.1 Å². The van der Waals surface area contributed by atoms with Crippen LogP contribution < -0.4 is 4.74 Å². The van der Waals surface area contributed by atoms with Crippen molar-refractivity contribution in [3.8, 4) is 17.2 Å². The minimum Gasteiger partial charge on any atom is -0.441 e. The number of hydrogen-bond acceptors (Lipinski definition) is 4. The second kappa shape index (κ2) is 6.26. The summed E-state index contributed by atoms with van der Waals surface area (Å²) in [4.78, 5) is 16.6. The van der Waals surface area contributed by atoms with Crippen molar-refractivity contribution >= 4 is 17.6 Å². The second-order valence-electron chi connectivity index (χ2n) is 5.09. The molecule has 0 aliphatic carbocycles. The summed E-state index contributed by atoms with van der Waals surface area (Å²) in [5, 5.41) is 0.589. The van der Waals surface area contributed by atoms with E-state index in [1.165, 1.54) is 0 Å². The summed E-state index contributed by atoms with van der Waals surface area (Å²) in [6, 6.07) is 14.4. The lowest BCUT2D eigenvalue weighted by Crippen LogP contribution is -2.11. The third-order valence-corrected chi connectivity index (χ3v) is 3.59. The van der Waals surface area contributed by atoms with E-state index in [-0.39, 0.29) is 5.69 Å². The Morgan fingerprint density at radius 2 is 1.87 bits per heavy atom. The molecule has 1 heterocycles. The molecule has 2 aromatic carbocycles. The van der Waals surface area contributed by atoms with E-state index in [0.29, 0.717) is 22.4 Å². The fraction of sp³-hybridized carbons (Fsp3) is 0.111. The fourth-order valence-corrected chi connectivity index (χ4v) is 2.39. The van der Waals surface area contributed by atoms with Crippen LogP contribution >= 0.6 is 11.6 Å². The van der Waals surface area contributed by atoms with Crippen LogP contribution in [0.15, 0.2) is 52.9 Å². The predicted molar refractivity (Wildman–Crippen MR) is 87.8 cm³/mol. The summed E-state index contributed by atoms with van der Waals surface area (Å²) in [5.74, 6) is 0.699. The largest absolute Gasteiger partial charge is 0.441 e. The highest BCUT2D eigenvalue weighted by molar-refractivity contribution is 6.30. The highest BCUT2D eigenvalue weighted by Crippen LogP contribution is 2.25. The Kier molecular flexibility index (Phi) is 4.17. The number of rotatable bonds is 3. The zero-order valence-corrected chi connectivity index (χ0v) is 13.4. The Morgan fingerprint density at radius 1 is 1.13 bits per heavy atom. The Balaban J connectivity index is 1.87. The normalized spacial score (nSPS) is 10.6. The maximum absolute atomic E-state index is 12.3. The van der Waals surface area contributed by atoms with Crippen LogP contribution in [0.2, 0.25) is 5.02 Å². The lowest BCUT2D eigenvalue weighted by Gasteiger charge is -2.06. The molecule has 0 radical (unpaired) electrons. The molecule has 0 bridgehead atoms. The average Bonchev–Trinajstić information content (AvgIpc) is 2.93. The Bertz CT molecular complexity index is 856. The Hall–Kier alpha value is -2.59. The minimum absolute atomic E-state index is 0.165. The van der Waals surface area contributed by atoms with Gasteiger partial charge in [0.2, 0.25) is 5.89 Å². The van der Waals surface area contributed by atoms with Gasteiger partial charge in [0.25, 0.3) is 0 Å². The van der Waals surface area contributed by atoms with Crippen LogP contribution in [0.4, 0.5) is 0 Å². The molecular weight excluding hydrogens is 314 g/mol. The number of ether oxygens (including phenoxy) is 1. The predicted octanol–water partition coefficient (Wildman–Crippen LogP) is 4.83. The number of hydrogen-bond donors (Lipinski definition) is 0. The molecule has 23 heavy (non-hydrogen) atoms. The summed E-state index contributed by atoms with van der Waals surface area (Å²) in [6.45, 7) is 3.50. The van der Waals surface area contributed by atoms with Gasteiger partial charge in [0.1, 0.15) is 11.5 Å². The molecular formula is C18H14ClNO3. The SMILES string of the molecule is Cc1cc(Cl)ccc1OC(=O)c1nc(-c2ccccc2)oc1C. The number of aromatic nitrogens is 1. The van der Waals surface area contributed by atoms with E-state index in [1.807, 2.05) is 37.3 Å². The van der Waals surface area contributed by atoms with Gasteiger partial charge < -0.3 is 9.15 Å². The van der Waals surface area contributed by atoms with Gasteiger partial charge in [-0.1, -0.05) is 29.8 Å². The van der Waals surface area contributed by atoms with Crippen LogP contribution in [0.3, 0.4) is 0 Å². The number of carbonyl (C=O) groups excluding carboxylic acids is 1. The van der Waals surface area contributed by atoms with E-state index in [9.17, 15) is 4.79 Å². The second-order valence-corrected chi connectivity index (χ2v) is 5.53. The highest BCUT2D eigenvalue weighted by Gasteiger charge is 2.20. The van der Waals surface area contributed by atoms with E-state index in [4.69, 9.17) is 20.8 Å². The maximum Gasteiger partial charge on any atom is 0.366 e. The number of aryl methyl sites for hydroxylation is 2. The molecule has 0 saturated carbocycles. The summed E-state index contributed by atoms with van der Waals surface area (Å²) in [7, 11) is 0. The Labute approximate surface area is 138 Å². The van der Waals surface area contributed by atoms with Crippen LogP contribution in [0, 0.1) is 13.8 Å². The van der Waals surface area contributed by atoms with Crippen molar-refractivity contribution in [1.82, 2.24) is 4.98 Å². The molecule has 116 valence electrons. The van der Waals surface area contributed by atoms with Gasteiger partial charge in [0, 0.05) is 10.6 Å². The lowest BCUT2D eigenvalue weighted by atomic mass is 10.2. The molecule has 3 rings (SSSR count). The number of esters is 1. The minimum atomic E-state index is -0.557. The van der Waals surface area contributed by atoms with Crippen LogP contribution in [0.5, 0.6) is 5.75 Å². The zero-order valence-electron chi connectivity index (χ0n) is 12.7. The number of carbonyl (C=O) groups is 1. The third-order valence-electron chi connectivity index (χ3n) is 3.35. The van der Waals surface area contributed by atoms with Crippen molar-refractivity contribution in [2.45, 2.75) is 13.8 Å². The van der Waals surface area contributed by atoms with Gasteiger partial charge in [-0.3, -0.25) is 0 Å². The first-order valence-electron chi connectivity index (χ1n) is 7.06. The average molecular weight is 328 g/mol. The molecule has 0 fully saturated rings. The molecule has 0 aliphatic rings. The molecule has 0 spiro atoms. The van der Waals surface area contributed by atoms with Gasteiger partial charge in [0.15, 0.2) is 5.69 Å². The molecule has 0 atom stereocenters. The van der Waals surface area contributed by atoms with Gasteiger partial charge in [-0.05, 0) is 49.7 Å². The van der Waals surface area contributed by atoms with Crippen molar-refractivity contribution in [2.75, 3.05) is 0 Å². The van der Waals surface area contributed by atoms with Gasteiger partial charge in [-0.2, -0.15) is 0 Å². The molecule has 0 aliphatic heterocycles. The van der Waals surface area contributed by atoms with Crippen LogP contribution in [-0.4, -0.2) is 11.0 Å². The van der Waals surface area contributed by atoms with Crippen molar-refractivity contribution in [1.29, 1.82) is 0 Å². The van der Waals surface area contributed by atoms with Gasteiger partial charge in [-0.25, -0.2) is 9.78 Å². The van der Waals surface area contributed by atoms with E-state index < -0.39 is 5.97 Å². The smallest absolute Gasteiger partial charge is 0.366 e. The molecule has 3 aromatic rings. The van der Waals surface area contributed by atoms with E-state index in [2.05, 4.69) is 4.98 Å². The summed E-state index contributed by atoms with van der Waals surface area (Å²) in [5.41, 5.74) is 1.74. The van der Waals surface area contributed by atoms with Crippen LogP contribution in [-0.2, 0) is 0 Å². The maximum atomic E-state index is 12.3. The van der Waals surface area contributed by atoms with Crippen LogP contribution in [0.25, 0.3) is 11.5 Å². The summed E-state index contributed by atoms with van der Waals surface area (Å²) in [6.07, 6.45) is 0. The first-order chi connectivity index (χ1) is 11.0. The monoisotopic (exact) mass is 327 g/mol. The Morgan fingerprint density at radius 3 is 2.57 bits per heavy atom. The van der Waals surface area contributed by atoms with Crippen LogP contribution in [0.1, 0.15) is 21.8 Å². The topological polar surface area (TPSA) is 52.3 Å². The molecule has 4 nitrogen and oxygen atoms in total. The van der Waals surface area contributed by atoms with Crippen molar-refractivity contribution in [3.05, 3.63) is 70.6 Å². The first kappa shape index (κ1) is 15.3. The molecule has 0 unspecified atom stereocenters. The van der Waals surface area contributed by atoms with Gasteiger partial charge in [0.05, 0.1) is 0 Å². The molecule has 1 aromatic heterocycles. The molecule has 0 saturated heterocycles. The zero-order chi connectivity index (χ0) is 16.4. The van der Waals surface area contributed by atoms with Gasteiger partial charge >= 0.3 is 5.97 Å². The highest BCUT2D eigenvalue weighted by atomic mass is 35.5. The third kappa shape index (κ3) is 3.27. The van der Waals surface area contributed by atoms with E-state index in [1.54, 1.807) is 25.1 Å². The van der Waals surface area contributed by atoms with Crippen molar-refractivity contribution < 1.29 is 13.9 Å².